The van der Waals surface area contributed by atoms with Crippen LogP contribution in [0.3, 0.4) is 0 Å². The smallest absolute Gasteiger partial charge is 0.204 e. The van der Waals surface area contributed by atoms with Crippen molar-refractivity contribution in [2.45, 2.75) is 19.4 Å². The normalized spacial score (nSPS) is 14.8. The molecule has 0 bridgehead atoms. The van der Waals surface area contributed by atoms with Crippen LogP contribution in [0.4, 0.5) is 0 Å². The molecule has 132 valence electrons. The maximum absolute atomic E-state index is 12.8. The minimum absolute atomic E-state index is 0.0543. The summed E-state index contributed by atoms with van der Waals surface area (Å²) in [6.45, 7) is 3.79. The highest BCUT2D eigenvalue weighted by molar-refractivity contribution is 5.89. The van der Waals surface area contributed by atoms with Crippen molar-refractivity contribution in [3.63, 3.8) is 0 Å². The SMILES string of the molecule is CC1(C)C=Cc2c(ccc(-c3coc4cc(O)cc(O)c4c3=O)c2O)O1. The Morgan fingerprint density at radius 2 is 1.81 bits per heavy atom. The molecular formula is C20H16O6. The minimum Gasteiger partial charge on any atom is -0.508 e. The summed E-state index contributed by atoms with van der Waals surface area (Å²) in [7, 11) is 0. The molecule has 4 rings (SSSR count). The van der Waals surface area contributed by atoms with Gasteiger partial charge < -0.3 is 24.5 Å². The molecule has 3 aromatic rings. The van der Waals surface area contributed by atoms with Crippen molar-refractivity contribution in [2.75, 3.05) is 0 Å². The van der Waals surface area contributed by atoms with Gasteiger partial charge in [-0.05, 0) is 38.1 Å². The first-order valence-electron chi connectivity index (χ1n) is 7.99. The van der Waals surface area contributed by atoms with Crippen molar-refractivity contribution >= 4 is 17.0 Å². The van der Waals surface area contributed by atoms with E-state index in [1.165, 1.54) is 12.3 Å². The molecule has 0 fully saturated rings. The van der Waals surface area contributed by atoms with Crippen molar-refractivity contribution in [1.82, 2.24) is 0 Å². The van der Waals surface area contributed by atoms with Crippen LogP contribution < -0.4 is 10.2 Å². The molecular weight excluding hydrogens is 336 g/mol. The van der Waals surface area contributed by atoms with Crippen LogP contribution in [0, 0.1) is 0 Å². The molecule has 2 aromatic carbocycles. The predicted molar refractivity (Wildman–Crippen MR) is 96.7 cm³/mol. The van der Waals surface area contributed by atoms with E-state index in [2.05, 4.69) is 0 Å². The number of rotatable bonds is 1. The third kappa shape index (κ3) is 2.38. The van der Waals surface area contributed by atoms with E-state index in [4.69, 9.17) is 9.15 Å². The predicted octanol–water partition coefficient (Wildman–Crippen LogP) is 3.76. The van der Waals surface area contributed by atoms with Gasteiger partial charge >= 0.3 is 0 Å². The summed E-state index contributed by atoms with van der Waals surface area (Å²) in [5, 5.41) is 30.1. The zero-order chi connectivity index (χ0) is 18.6. The molecule has 0 aliphatic carbocycles. The Hall–Kier alpha value is -3.41. The lowest BCUT2D eigenvalue weighted by molar-refractivity contribution is 0.158. The largest absolute Gasteiger partial charge is 0.508 e. The molecule has 0 amide bonds. The van der Waals surface area contributed by atoms with Crippen molar-refractivity contribution in [1.29, 1.82) is 0 Å². The molecule has 0 radical (unpaired) electrons. The van der Waals surface area contributed by atoms with Crippen molar-refractivity contribution < 1.29 is 24.5 Å². The Morgan fingerprint density at radius 3 is 2.58 bits per heavy atom. The Balaban J connectivity index is 1.95. The summed E-state index contributed by atoms with van der Waals surface area (Å²) < 4.78 is 11.2. The molecule has 0 atom stereocenters. The molecule has 1 aromatic heterocycles. The molecule has 0 saturated carbocycles. The molecule has 0 unspecified atom stereocenters. The second-order valence-electron chi connectivity index (χ2n) is 6.73. The number of fused-ring (bicyclic) bond motifs is 2. The van der Waals surface area contributed by atoms with Gasteiger partial charge in [0.2, 0.25) is 5.43 Å². The van der Waals surface area contributed by atoms with E-state index < -0.39 is 16.8 Å². The molecule has 1 aliphatic heterocycles. The van der Waals surface area contributed by atoms with E-state index in [9.17, 15) is 20.1 Å². The minimum atomic E-state index is -0.514. The first-order chi connectivity index (χ1) is 12.3. The van der Waals surface area contributed by atoms with Gasteiger partial charge in [0.1, 0.15) is 45.8 Å². The molecule has 26 heavy (non-hydrogen) atoms. The fourth-order valence-electron chi connectivity index (χ4n) is 3.06. The number of ether oxygens (including phenoxy) is 1. The van der Waals surface area contributed by atoms with Gasteiger partial charge in [0.25, 0.3) is 0 Å². The van der Waals surface area contributed by atoms with Gasteiger partial charge in [0, 0.05) is 17.7 Å². The monoisotopic (exact) mass is 352 g/mol. The van der Waals surface area contributed by atoms with E-state index in [-0.39, 0.29) is 33.6 Å². The molecule has 6 heteroatoms. The number of aromatic hydroxyl groups is 3. The standard InChI is InChI=1S/C20H16O6/c1-20(2)6-5-12-15(26-20)4-3-11(18(12)23)13-9-25-16-8-10(21)7-14(22)17(16)19(13)24/h3-9,21-23H,1-2H3. The van der Waals surface area contributed by atoms with Gasteiger partial charge in [0.05, 0.1) is 11.1 Å². The van der Waals surface area contributed by atoms with Crippen LogP contribution in [0.2, 0.25) is 0 Å². The molecule has 6 nitrogen and oxygen atoms in total. The van der Waals surface area contributed by atoms with E-state index >= 15 is 0 Å². The average Bonchev–Trinajstić information content (AvgIpc) is 2.54. The Labute approximate surface area is 148 Å². The topological polar surface area (TPSA) is 100 Å². The lowest BCUT2D eigenvalue weighted by Crippen LogP contribution is -2.27. The summed E-state index contributed by atoms with van der Waals surface area (Å²) in [6, 6.07) is 5.55. The van der Waals surface area contributed by atoms with Crippen LogP contribution in [-0.2, 0) is 0 Å². The van der Waals surface area contributed by atoms with Crippen molar-refractivity contribution in [2.24, 2.45) is 0 Å². The highest BCUT2D eigenvalue weighted by Gasteiger charge is 2.25. The molecule has 3 N–H and O–H groups in total. The number of hydrogen-bond acceptors (Lipinski definition) is 6. The Bertz CT molecular complexity index is 1140. The fourth-order valence-corrected chi connectivity index (χ4v) is 3.06. The van der Waals surface area contributed by atoms with E-state index in [1.54, 1.807) is 18.2 Å². The average molecular weight is 352 g/mol. The molecule has 0 spiro atoms. The second kappa shape index (κ2) is 5.29. The van der Waals surface area contributed by atoms with Gasteiger partial charge in [0.15, 0.2) is 0 Å². The van der Waals surface area contributed by atoms with Gasteiger partial charge in [-0.25, -0.2) is 0 Å². The fraction of sp³-hybridized carbons (Fsp3) is 0.150. The van der Waals surface area contributed by atoms with E-state index in [1.807, 2.05) is 19.9 Å². The van der Waals surface area contributed by atoms with Gasteiger partial charge in [-0.2, -0.15) is 0 Å². The second-order valence-corrected chi connectivity index (χ2v) is 6.73. The van der Waals surface area contributed by atoms with Crippen LogP contribution in [0.15, 0.2) is 45.8 Å². The summed E-state index contributed by atoms with van der Waals surface area (Å²) in [4.78, 5) is 12.8. The molecule has 1 aliphatic rings. The quantitative estimate of drug-likeness (QED) is 0.616. The van der Waals surface area contributed by atoms with E-state index in [0.29, 0.717) is 11.3 Å². The summed E-state index contributed by atoms with van der Waals surface area (Å²) in [5.41, 5.74) is -0.122. The number of phenolic OH excluding ortho intramolecular Hbond substituents is 3. The summed E-state index contributed by atoms with van der Waals surface area (Å²) >= 11 is 0. The van der Waals surface area contributed by atoms with Gasteiger partial charge in [-0.15, -0.1) is 0 Å². The summed E-state index contributed by atoms with van der Waals surface area (Å²) in [5.74, 6) is -0.207. The number of phenols is 3. The zero-order valence-corrected chi connectivity index (χ0v) is 14.1. The Morgan fingerprint density at radius 1 is 1.04 bits per heavy atom. The van der Waals surface area contributed by atoms with E-state index in [0.717, 1.165) is 6.07 Å². The van der Waals surface area contributed by atoms with Crippen LogP contribution in [0.25, 0.3) is 28.2 Å². The number of hydrogen-bond donors (Lipinski definition) is 3. The lowest BCUT2D eigenvalue weighted by Gasteiger charge is -2.28. The highest BCUT2D eigenvalue weighted by atomic mass is 16.5. The third-order valence-electron chi connectivity index (χ3n) is 4.33. The van der Waals surface area contributed by atoms with Crippen LogP contribution >= 0.6 is 0 Å². The number of benzene rings is 2. The Kier molecular flexibility index (Phi) is 3.27. The molecule has 0 saturated heterocycles. The maximum Gasteiger partial charge on any atom is 0.204 e. The lowest BCUT2D eigenvalue weighted by atomic mass is 9.96. The molecule has 2 heterocycles. The highest BCUT2D eigenvalue weighted by Crippen LogP contribution is 2.42. The van der Waals surface area contributed by atoms with Crippen LogP contribution in [0.1, 0.15) is 19.4 Å². The van der Waals surface area contributed by atoms with Crippen molar-refractivity contribution in [3.8, 4) is 34.1 Å². The first kappa shape index (κ1) is 16.1. The third-order valence-corrected chi connectivity index (χ3v) is 4.33. The van der Waals surface area contributed by atoms with Crippen molar-refractivity contribution in [3.05, 3.63) is 52.4 Å². The maximum atomic E-state index is 12.8. The van der Waals surface area contributed by atoms with Crippen LogP contribution in [0.5, 0.6) is 23.0 Å². The summed E-state index contributed by atoms with van der Waals surface area (Å²) in [6.07, 6.45) is 4.76. The first-order valence-corrected chi connectivity index (χ1v) is 7.99. The van der Waals surface area contributed by atoms with Crippen LogP contribution in [-0.4, -0.2) is 20.9 Å². The van der Waals surface area contributed by atoms with Gasteiger partial charge in [-0.1, -0.05) is 0 Å². The zero-order valence-electron chi connectivity index (χ0n) is 14.1. The van der Waals surface area contributed by atoms with Gasteiger partial charge in [-0.3, -0.25) is 4.79 Å².